The number of nitriles is 1. The summed E-state index contributed by atoms with van der Waals surface area (Å²) in [6, 6.07) is 14.8. The fourth-order valence-electron chi connectivity index (χ4n) is 2.91. The highest BCUT2D eigenvalue weighted by atomic mass is 35.5. The normalized spacial score (nSPS) is 11.5. The average molecular weight is 454 g/mol. The van der Waals surface area contributed by atoms with Crippen LogP contribution in [0, 0.1) is 11.3 Å². The lowest BCUT2D eigenvalue weighted by Gasteiger charge is -2.15. The van der Waals surface area contributed by atoms with E-state index in [2.05, 4.69) is 15.5 Å². The third-order valence-corrected chi connectivity index (χ3v) is 5.79. The van der Waals surface area contributed by atoms with E-state index < -0.39 is 0 Å². The number of hydrogen-bond donors (Lipinski definition) is 1. The Morgan fingerprint density at radius 2 is 1.77 bits per heavy atom. The van der Waals surface area contributed by atoms with E-state index in [1.165, 1.54) is 11.8 Å². The molecule has 3 rings (SSSR count). The predicted molar refractivity (Wildman–Crippen MR) is 119 cm³/mol. The molecule has 1 N–H and O–H groups in total. The Bertz CT molecular complexity index is 1120. The van der Waals surface area contributed by atoms with Gasteiger partial charge in [0.1, 0.15) is 0 Å². The van der Waals surface area contributed by atoms with E-state index in [4.69, 9.17) is 16.9 Å². The fraction of sp³-hybridized carbons (Fsp3) is 0.227. The average Bonchev–Trinajstić information content (AvgIpc) is 3.21. The molecule has 1 aromatic heterocycles. The first kappa shape index (κ1) is 22.5. The number of thioether (sulfide) groups is 1. The molecule has 0 radical (unpaired) electrons. The van der Waals surface area contributed by atoms with E-state index in [1.807, 2.05) is 24.5 Å². The van der Waals surface area contributed by atoms with Crippen molar-refractivity contribution in [3.05, 3.63) is 76.1 Å². The van der Waals surface area contributed by atoms with Crippen LogP contribution >= 0.6 is 23.4 Å². The molecule has 0 spiro atoms. The summed E-state index contributed by atoms with van der Waals surface area (Å²) in [5, 5.41) is 21.4. The van der Waals surface area contributed by atoms with E-state index in [-0.39, 0.29) is 23.5 Å². The number of carbonyl (C=O) groups is 2. The number of Topliss-reactive ketones (excluding diaryl/α,β-unsaturated/α-hetero) is 1. The van der Waals surface area contributed by atoms with Crippen molar-refractivity contribution < 1.29 is 9.59 Å². The molecule has 158 valence electrons. The summed E-state index contributed by atoms with van der Waals surface area (Å²) < 4.78 is 1.88. The lowest BCUT2D eigenvalue weighted by atomic mass is 10.1. The van der Waals surface area contributed by atoms with Crippen molar-refractivity contribution in [2.75, 3.05) is 5.75 Å². The number of hydrogen-bond acceptors (Lipinski definition) is 6. The van der Waals surface area contributed by atoms with Gasteiger partial charge in [-0.2, -0.15) is 5.26 Å². The van der Waals surface area contributed by atoms with Gasteiger partial charge in [-0.3, -0.25) is 9.59 Å². The van der Waals surface area contributed by atoms with E-state index in [1.54, 1.807) is 48.5 Å². The Morgan fingerprint density at radius 1 is 1.13 bits per heavy atom. The fourth-order valence-corrected chi connectivity index (χ4v) is 3.94. The summed E-state index contributed by atoms with van der Waals surface area (Å²) in [7, 11) is 0. The van der Waals surface area contributed by atoms with Crippen LogP contribution in [0.15, 0.2) is 53.7 Å². The summed E-state index contributed by atoms with van der Waals surface area (Å²) in [4.78, 5) is 24.9. The largest absolute Gasteiger partial charge is 0.342 e. The Hall–Kier alpha value is -3.15. The first-order chi connectivity index (χ1) is 14.9. The smallest absolute Gasteiger partial charge is 0.251 e. The van der Waals surface area contributed by atoms with Gasteiger partial charge < -0.3 is 9.88 Å². The maximum Gasteiger partial charge on any atom is 0.251 e. The zero-order chi connectivity index (χ0) is 22.4. The summed E-state index contributed by atoms with van der Waals surface area (Å²) in [6.07, 6.45) is 0. The van der Waals surface area contributed by atoms with Crippen LogP contribution in [0.2, 0.25) is 5.02 Å². The zero-order valence-corrected chi connectivity index (χ0v) is 18.6. The van der Waals surface area contributed by atoms with Crippen LogP contribution in [0.1, 0.15) is 52.0 Å². The number of nitrogens with one attached hydrogen (secondary N) is 1. The summed E-state index contributed by atoms with van der Waals surface area (Å²) in [6.45, 7) is 4.38. The van der Waals surface area contributed by atoms with Crippen molar-refractivity contribution >= 4 is 35.1 Å². The van der Waals surface area contributed by atoms with Gasteiger partial charge in [0.15, 0.2) is 16.8 Å². The lowest BCUT2D eigenvalue weighted by molar-refractivity contribution is 0.0936. The van der Waals surface area contributed by atoms with Crippen molar-refractivity contribution in [1.29, 1.82) is 5.26 Å². The maximum atomic E-state index is 12.5. The Balaban J connectivity index is 1.66. The molecule has 1 atom stereocenters. The Kier molecular flexibility index (Phi) is 7.45. The first-order valence-electron chi connectivity index (χ1n) is 9.58. The molecule has 1 unspecified atom stereocenters. The topological polar surface area (TPSA) is 101 Å². The number of aromatic nitrogens is 3. The van der Waals surface area contributed by atoms with Gasteiger partial charge in [0.25, 0.3) is 5.91 Å². The van der Waals surface area contributed by atoms with Gasteiger partial charge in [-0.1, -0.05) is 35.5 Å². The number of rotatable bonds is 8. The van der Waals surface area contributed by atoms with Gasteiger partial charge in [-0.15, -0.1) is 10.2 Å². The molecular formula is C22H20ClN5O2S. The van der Waals surface area contributed by atoms with E-state index >= 15 is 0 Å². The van der Waals surface area contributed by atoms with Gasteiger partial charge in [0.05, 0.1) is 23.4 Å². The second kappa shape index (κ2) is 10.2. The Labute approximate surface area is 189 Å². The molecule has 9 heteroatoms. The van der Waals surface area contributed by atoms with Gasteiger partial charge >= 0.3 is 0 Å². The van der Waals surface area contributed by atoms with E-state index in [9.17, 15) is 9.59 Å². The Morgan fingerprint density at radius 3 is 2.39 bits per heavy atom. The molecule has 0 fully saturated rings. The molecule has 1 amide bonds. The predicted octanol–water partition coefficient (Wildman–Crippen LogP) is 4.29. The molecule has 0 aliphatic rings. The number of halogens is 1. The van der Waals surface area contributed by atoms with Crippen LogP contribution in [0.3, 0.4) is 0 Å². The van der Waals surface area contributed by atoms with Crippen LogP contribution in [0.5, 0.6) is 0 Å². The third-order valence-electron chi connectivity index (χ3n) is 4.57. The highest BCUT2D eigenvalue weighted by molar-refractivity contribution is 7.99. The van der Waals surface area contributed by atoms with Crippen molar-refractivity contribution in [1.82, 2.24) is 20.1 Å². The highest BCUT2D eigenvalue weighted by Gasteiger charge is 2.20. The minimum atomic E-state index is -0.376. The first-order valence-corrected chi connectivity index (χ1v) is 10.9. The molecule has 2 aromatic carbocycles. The van der Waals surface area contributed by atoms with Gasteiger partial charge in [0, 0.05) is 22.7 Å². The number of ketones is 1. The number of amides is 1. The van der Waals surface area contributed by atoms with Crippen LogP contribution < -0.4 is 5.32 Å². The number of benzene rings is 2. The zero-order valence-electron chi connectivity index (χ0n) is 17.0. The van der Waals surface area contributed by atoms with Gasteiger partial charge in [0.2, 0.25) is 0 Å². The second-order valence-electron chi connectivity index (χ2n) is 6.69. The summed E-state index contributed by atoms with van der Waals surface area (Å²) >= 11 is 7.16. The molecule has 7 nitrogen and oxygen atoms in total. The van der Waals surface area contributed by atoms with Crippen molar-refractivity contribution in [3.8, 4) is 6.07 Å². The van der Waals surface area contributed by atoms with Crippen molar-refractivity contribution in [2.45, 2.75) is 31.6 Å². The second-order valence-corrected chi connectivity index (χ2v) is 8.07. The lowest BCUT2D eigenvalue weighted by Crippen LogP contribution is -2.28. The molecular weight excluding hydrogens is 434 g/mol. The standard InChI is InChI=1S/C22H20ClN5O2S/c1-3-28-20(14(2)25-21(30)17-8-10-18(23)11-9-17)26-27-22(28)31-13-19(29)16-6-4-15(12-24)5-7-16/h4-11,14H,3,13H2,1-2H3,(H,25,30). The van der Waals surface area contributed by atoms with E-state index in [0.29, 0.717) is 39.2 Å². The van der Waals surface area contributed by atoms with Crippen LogP contribution in [0.4, 0.5) is 0 Å². The molecule has 0 saturated heterocycles. The molecule has 0 aliphatic heterocycles. The minimum Gasteiger partial charge on any atom is -0.342 e. The quantitative estimate of drug-likeness (QED) is 0.403. The minimum absolute atomic E-state index is 0.0641. The van der Waals surface area contributed by atoms with Gasteiger partial charge in [-0.25, -0.2) is 0 Å². The molecule has 31 heavy (non-hydrogen) atoms. The highest BCUT2D eigenvalue weighted by Crippen LogP contribution is 2.22. The monoisotopic (exact) mass is 453 g/mol. The summed E-state index contributed by atoms with van der Waals surface area (Å²) in [5.74, 6) is 0.499. The summed E-state index contributed by atoms with van der Waals surface area (Å²) in [5.41, 5.74) is 1.55. The molecule has 0 bridgehead atoms. The number of carbonyl (C=O) groups excluding carboxylic acids is 2. The van der Waals surface area contributed by atoms with Crippen molar-refractivity contribution in [3.63, 3.8) is 0 Å². The molecule has 0 aliphatic carbocycles. The van der Waals surface area contributed by atoms with Crippen molar-refractivity contribution in [2.24, 2.45) is 0 Å². The molecule has 0 saturated carbocycles. The van der Waals surface area contributed by atoms with Crippen LogP contribution in [-0.2, 0) is 6.54 Å². The molecule has 1 heterocycles. The third kappa shape index (κ3) is 5.51. The SMILES string of the molecule is CCn1c(SCC(=O)c2ccc(C#N)cc2)nnc1C(C)NC(=O)c1ccc(Cl)cc1. The van der Waals surface area contributed by atoms with E-state index in [0.717, 1.165) is 0 Å². The maximum absolute atomic E-state index is 12.5. The van der Waals surface area contributed by atoms with Crippen LogP contribution in [-0.4, -0.2) is 32.2 Å². The number of nitrogens with zero attached hydrogens (tertiary/aromatic N) is 4. The van der Waals surface area contributed by atoms with Gasteiger partial charge in [-0.05, 0) is 50.2 Å². The van der Waals surface area contributed by atoms with Crippen LogP contribution in [0.25, 0.3) is 0 Å². The molecule has 3 aromatic rings.